The van der Waals surface area contributed by atoms with Crippen LogP contribution in [0.1, 0.15) is 35.9 Å². The van der Waals surface area contributed by atoms with E-state index in [1.54, 1.807) is 6.20 Å². The van der Waals surface area contributed by atoms with E-state index < -0.39 is 0 Å². The van der Waals surface area contributed by atoms with Crippen LogP contribution in [0.25, 0.3) is 0 Å². The fourth-order valence-electron chi connectivity index (χ4n) is 2.58. The summed E-state index contributed by atoms with van der Waals surface area (Å²) in [6, 6.07) is 0. The second kappa shape index (κ2) is 6.39. The third kappa shape index (κ3) is 3.59. The Bertz CT molecular complexity index is 635. The summed E-state index contributed by atoms with van der Waals surface area (Å²) >= 11 is 0. The molecule has 0 aromatic carbocycles. The molecular weight excluding hydrogens is 282 g/mol. The van der Waals surface area contributed by atoms with Crippen molar-refractivity contribution in [1.29, 1.82) is 0 Å². The Morgan fingerprint density at radius 2 is 2.00 bits per heavy atom. The standard InChI is InChI=1S/C15H21N5O2/c1-10-8-16-11(2)15(17-10)21-13-4-6-20(7-5-13)9-14-18-12(3)22-19-14/h8,13H,4-7,9H2,1-3H3. The maximum absolute atomic E-state index is 6.02. The Hall–Kier alpha value is -2.02. The molecule has 1 fully saturated rings. The van der Waals surface area contributed by atoms with Gasteiger partial charge in [0, 0.05) is 26.2 Å². The van der Waals surface area contributed by atoms with E-state index in [-0.39, 0.29) is 6.10 Å². The molecule has 0 amide bonds. The topological polar surface area (TPSA) is 77.2 Å². The van der Waals surface area contributed by atoms with E-state index in [2.05, 4.69) is 25.0 Å². The molecule has 1 aliphatic heterocycles. The Morgan fingerprint density at radius 3 is 2.68 bits per heavy atom. The van der Waals surface area contributed by atoms with Gasteiger partial charge in [-0.05, 0) is 26.7 Å². The van der Waals surface area contributed by atoms with Crippen molar-refractivity contribution in [3.63, 3.8) is 0 Å². The number of rotatable bonds is 4. The molecule has 7 heteroatoms. The third-order valence-electron chi connectivity index (χ3n) is 3.78. The number of ether oxygens (including phenoxy) is 1. The van der Waals surface area contributed by atoms with Gasteiger partial charge in [-0.2, -0.15) is 4.98 Å². The Kier molecular flexibility index (Phi) is 4.33. The lowest BCUT2D eigenvalue weighted by atomic mass is 10.1. The molecule has 118 valence electrons. The Balaban J connectivity index is 1.52. The van der Waals surface area contributed by atoms with Gasteiger partial charge >= 0.3 is 0 Å². The van der Waals surface area contributed by atoms with Crippen LogP contribution in [-0.2, 0) is 6.54 Å². The molecule has 2 aromatic heterocycles. The predicted molar refractivity (Wildman–Crippen MR) is 79.5 cm³/mol. The smallest absolute Gasteiger partial charge is 0.235 e. The highest BCUT2D eigenvalue weighted by atomic mass is 16.5. The third-order valence-corrected chi connectivity index (χ3v) is 3.78. The number of hydrogen-bond acceptors (Lipinski definition) is 7. The fraction of sp³-hybridized carbons (Fsp3) is 0.600. The molecule has 0 radical (unpaired) electrons. The second-order valence-electron chi connectivity index (χ2n) is 5.72. The van der Waals surface area contributed by atoms with Gasteiger partial charge in [-0.3, -0.25) is 9.88 Å². The average Bonchev–Trinajstić information content (AvgIpc) is 2.90. The van der Waals surface area contributed by atoms with Crippen molar-refractivity contribution >= 4 is 0 Å². The summed E-state index contributed by atoms with van der Waals surface area (Å²) in [4.78, 5) is 15.3. The molecule has 22 heavy (non-hydrogen) atoms. The van der Waals surface area contributed by atoms with Crippen LogP contribution in [0.2, 0.25) is 0 Å². The van der Waals surface area contributed by atoms with E-state index >= 15 is 0 Å². The van der Waals surface area contributed by atoms with Gasteiger partial charge in [-0.1, -0.05) is 5.16 Å². The Morgan fingerprint density at radius 1 is 1.23 bits per heavy atom. The summed E-state index contributed by atoms with van der Waals surface area (Å²) < 4.78 is 11.0. The van der Waals surface area contributed by atoms with E-state index in [0.717, 1.165) is 49.7 Å². The number of piperidine rings is 1. The fourth-order valence-corrected chi connectivity index (χ4v) is 2.58. The Labute approximate surface area is 129 Å². The van der Waals surface area contributed by atoms with E-state index in [1.807, 2.05) is 20.8 Å². The zero-order chi connectivity index (χ0) is 15.5. The van der Waals surface area contributed by atoms with Gasteiger partial charge in [0.2, 0.25) is 11.8 Å². The lowest BCUT2D eigenvalue weighted by Crippen LogP contribution is -2.38. The summed E-state index contributed by atoms with van der Waals surface area (Å²) in [6.45, 7) is 8.30. The number of aryl methyl sites for hydroxylation is 3. The van der Waals surface area contributed by atoms with Crippen molar-refractivity contribution in [1.82, 2.24) is 25.0 Å². The molecule has 0 bridgehead atoms. The van der Waals surface area contributed by atoms with Crippen molar-refractivity contribution in [2.24, 2.45) is 0 Å². The van der Waals surface area contributed by atoms with Crippen molar-refractivity contribution < 1.29 is 9.26 Å². The van der Waals surface area contributed by atoms with Crippen LogP contribution < -0.4 is 4.74 Å². The molecular formula is C15H21N5O2. The van der Waals surface area contributed by atoms with Crippen LogP contribution in [0, 0.1) is 20.8 Å². The minimum atomic E-state index is 0.193. The summed E-state index contributed by atoms with van der Waals surface area (Å²) in [6.07, 6.45) is 3.88. The highest BCUT2D eigenvalue weighted by Gasteiger charge is 2.22. The molecule has 3 rings (SSSR count). The van der Waals surface area contributed by atoms with Crippen LogP contribution in [0.3, 0.4) is 0 Å². The lowest BCUT2D eigenvalue weighted by molar-refractivity contribution is 0.0903. The van der Waals surface area contributed by atoms with Crippen LogP contribution in [0.4, 0.5) is 0 Å². The average molecular weight is 303 g/mol. The number of aromatic nitrogens is 4. The molecule has 0 aliphatic carbocycles. The van der Waals surface area contributed by atoms with Crippen LogP contribution in [0.15, 0.2) is 10.7 Å². The number of nitrogens with zero attached hydrogens (tertiary/aromatic N) is 5. The molecule has 0 unspecified atom stereocenters. The van der Waals surface area contributed by atoms with Crippen LogP contribution in [0.5, 0.6) is 5.88 Å². The summed E-state index contributed by atoms with van der Waals surface area (Å²) in [7, 11) is 0. The summed E-state index contributed by atoms with van der Waals surface area (Å²) in [5, 5.41) is 3.94. The minimum Gasteiger partial charge on any atom is -0.473 e. The molecule has 7 nitrogen and oxygen atoms in total. The van der Waals surface area contributed by atoms with Crippen molar-refractivity contribution in [3.05, 3.63) is 29.3 Å². The molecule has 1 aliphatic rings. The van der Waals surface area contributed by atoms with E-state index in [4.69, 9.17) is 9.26 Å². The summed E-state index contributed by atoms with van der Waals surface area (Å²) in [5.41, 5.74) is 1.72. The molecule has 2 aromatic rings. The maximum atomic E-state index is 6.02. The second-order valence-corrected chi connectivity index (χ2v) is 5.72. The van der Waals surface area contributed by atoms with Gasteiger partial charge in [0.25, 0.3) is 0 Å². The minimum absolute atomic E-state index is 0.193. The predicted octanol–water partition coefficient (Wildman–Crippen LogP) is 1.83. The maximum Gasteiger partial charge on any atom is 0.235 e. The van der Waals surface area contributed by atoms with Gasteiger partial charge < -0.3 is 9.26 Å². The first-order valence-electron chi connectivity index (χ1n) is 7.58. The van der Waals surface area contributed by atoms with E-state index in [0.29, 0.717) is 11.8 Å². The number of hydrogen-bond donors (Lipinski definition) is 0. The van der Waals surface area contributed by atoms with Gasteiger partial charge in [-0.15, -0.1) is 0 Å². The van der Waals surface area contributed by atoms with Gasteiger partial charge in [-0.25, -0.2) is 4.98 Å². The molecule has 0 atom stereocenters. The largest absolute Gasteiger partial charge is 0.473 e. The lowest BCUT2D eigenvalue weighted by Gasteiger charge is -2.31. The van der Waals surface area contributed by atoms with Crippen molar-refractivity contribution in [2.75, 3.05) is 13.1 Å². The zero-order valence-corrected chi connectivity index (χ0v) is 13.2. The van der Waals surface area contributed by atoms with Gasteiger partial charge in [0.05, 0.1) is 17.9 Å². The van der Waals surface area contributed by atoms with E-state index in [9.17, 15) is 0 Å². The molecule has 0 spiro atoms. The summed E-state index contributed by atoms with van der Waals surface area (Å²) in [5.74, 6) is 2.02. The normalized spacial score (nSPS) is 16.9. The van der Waals surface area contributed by atoms with E-state index in [1.165, 1.54) is 0 Å². The molecule has 0 saturated carbocycles. The molecule has 0 N–H and O–H groups in total. The van der Waals surface area contributed by atoms with Gasteiger partial charge in [0.1, 0.15) is 6.10 Å². The highest BCUT2D eigenvalue weighted by Crippen LogP contribution is 2.20. The van der Waals surface area contributed by atoms with Crippen molar-refractivity contribution in [3.8, 4) is 5.88 Å². The molecule has 3 heterocycles. The zero-order valence-electron chi connectivity index (χ0n) is 13.2. The van der Waals surface area contributed by atoms with Crippen LogP contribution in [-0.4, -0.2) is 44.2 Å². The highest BCUT2D eigenvalue weighted by molar-refractivity contribution is 5.18. The quantitative estimate of drug-likeness (QED) is 0.852. The van der Waals surface area contributed by atoms with Crippen LogP contribution >= 0.6 is 0 Å². The first kappa shape index (κ1) is 14.9. The SMILES string of the molecule is Cc1cnc(C)c(OC2CCN(Cc3noc(C)n3)CC2)n1. The first-order chi connectivity index (χ1) is 10.6. The monoisotopic (exact) mass is 303 g/mol. The first-order valence-corrected chi connectivity index (χ1v) is 7.58. The number of likely N-dealkylation sites (tertiary alicyclic amines) is 1. The molecule has 1 saturated heterocycles. The van der Waals surface area contributed by atoms with Crippen molar-refractivity contribution in [2.45, 2.75) is 46.3 Å². The van der Waals surface area contributed by atoms with Gasteiger partial charge in [0.15, 0.2) is 5.82 Å².